The average Bonchev–Trinajstić information content (AvgIpc) is 3.00. The Morgan fingerprint density at radius 2 is 1.56 bits per heavy atom. The second kappa shape index (κ2) is 8.13. The molecule has 0 unspecified atom stereocenters. The molecule has 0 spiro atoms. The smallest absolute Gasteiger partial charge is 0.0594 e. The van der Waals surface area contributed by atoms with Gasteiger partial charge in [-0.05, 0) is 102 Å². The van der Waals surface area contributed by atoms with Crippen LogP contribution in [0.15, 0.2) is 11.6 Å². The Labute approximate surface area is 200 Å². The molecule has 0 saturated heterocycles. The molecule has 1 N–H and O–H groups in total. The van der Waals surface area contributed by atoms with Gasteiger partial charge in [-0.1, -0.05) is 86.8 Å². The molecule has 0 aromatic rings. The maximum Gasteiger partial charge on any atom is 0.0594 e. The van der Waals surface area contributed by atoms with Gasteiger partial charge in [0.15, 0.2) is 0 Å². The fourth-order valence-corrected chi connectivity index (χ4v) is 9.73. The van der Waals surface area contributed by atoms with Gasteiger partial charge in [-0.2, -0.15) is 0 Å². The molecule has 0 amide bonds. The van der Waals surface area contributed by atoms with Gasteiger partial charge in [0.25, 0.3) is 0 Å². The van der Waals surface area contributed by atoms with Gasteiger partial charge in [-0.25, -0.2) is 0 Å². The summed E-state index contributed by atoms with van der Waals surface area (Å²) in [5, 5.41) is 10.8. The van der Waals surface area contributed by atoms with Gasteiger partial charge in [-0.3, -0.25) is 0 Å². The topological polar surface area (TPSA) is 20.2 Å². The predicted octanol–water partition coefficient (Wildman–Crippen LogP) is 8.66. The van der Waals surface area contributed by atoms with Crippen LogP contribution in [0.1, 0.15) is 120 Å². The van der Waals surface area contributed by atoms with Crippen LogP contribution in [-0.4, -0.2) is 11.2 Å². The minimum Gasteiger partial charge on any atom is -0.393 e. The van der Waals surface area contributed by atoms with Crippen molar-refractivity contribution in [2.24, 2.45) is 57.2 Å². The van der Waals surface area contributed by atoms with Crippen molar-refractivity contribution in [3.8, 4) is 0 Å². The molecule has 4 rings (SSSR count). The molecule has 184 valence electrons. The van der Waals surface area contributed by atoms with Gasteiger partial charge >= 0.3 is 0 Å². The Morgan fingerprint density at radius 3 is 2.22 bits per heavy atom. The summed E-state index contributed by atoms with van der Waals surface area (Å²) in [5.41, 5.74) is 3.06. The molecule has 3 fully saturated rings. The van der Waals surface area contributed by atoms with E-state index in [1.807, 2.05) is 5.57 Å². The normalized spacial score (nSPS) is 47.3. The zero-order valence-electron chi connectivity index (χ0n) is 22.9. The number of rotatable bonds is 5. The molecule has 4 aliphatic rings. The highest BCUT2D eigenvalue weighted by molar-refractivity contribution is 5.32. The number of hydrogen-bond acceptors (Lipinski definition) is 1. The molecule has 0 radical (unpaired) electrons. The molecule has 1 heteroatoms. The minimum atomic E-state index is -0.132. The lowest BCUT2D eigenvalue weighted by molar-refractivity contribution is -0.118. The first-order valence-electron chi connectivity index (χ1n) is 14.2. The minimum absolute atomic E-state index is 0.0420. The number of hydrogen-bond donors (Lipinski definition) is 1. The fraction of sp³-hybridized carbons (Fsp3) is 0.935. The lowest BCUT2D eigenvalue weighted by atomic mass is 9.41. The van der Waals surface area contributed by atoms with Crippen molar-refractivity contribution >= 4 is 0 Å². The van der Waals surface area contributed by atoms with Gasteiger partial charge < -0.3 is 5.11 Å². The predicted molar refractivity (Wildman–Crippen MR) is 137 cm³/mol. The van der Waals surface area contributed by atoms with E-state index in [2.05, 4.69) is 68.4 Å². The molecule has 0 aliphatic heterocycles. The number of fused-ring (bicyclic) bond motifs is 5. The fourth-order valence-electron chi connectivity index (χ4n) is 9.73. The van der Waals surface area contributed by atoms with Gasteiger partial charge in [0.05, 0.1) is 6.10 Å². The van der Waals surface area contributed by atoms with Crippen LogP contribution in [0.3, 0.4) is 0 Å². The number of aliphatic hydroxyl groups is 1. The molecular formula is C31H54O. The van der Waals surface area contributed by atoms with E-state index in [0.717, 1.165) is 36.0 Å². The lowest BCUT2D eigenvalue weighted by Gasteiger charge is -2.64. The molecule has 0 aromatic carbocycles. The summed E-state index contributed by atoms with van der Waals surface area (Å²) >= 11 is 0. The summed E-state index contributed by atoms with van der Waals surface area (Å²) < 4.78 is 0. The molecule has 9 atom stereocenters. The Balaban J connectivity index is 1.60. The van der Waals surface area contributed by atoms with Gasteiger partial charge in [0, 0.05) is 0 Å². The van der Waals surface area contributed by atoms with Crippen molar-refractivity contribution in [1.82, 2.24) is 0 Å². The van der Waals surface area contributed by atoms with E-state index in [1.54, 1.807) is 0 Å². The Morgan fingerprint density at radius 1 is 0.875 bits per heavy atom. The number of allylic oxidation sites excluding steroid dienone is 2. The monoisotopic (exact) mass is 442 g/mol. The van der Waals surface area contributed by atoms with Gasteiger partial charge in [0.2, 0.25) is 0 Å². The quantitative estimate of drug-likeness (QED) is 0.422. The average molecular weight is 443 g/mol. The largest absolute Gasteiger partial charge is 0.393 e. The zero-order chi connectivity index (χ0) is 23.7. The van der Waals surface area contributed by atoms with Crippen LogP contribution >= 0.6 is 0 Å². The second-order valence-electron chi connectivity index (χ2n) is 14.6. The molecule has 0 heterocycles. The zero-order valence-corrected chi connectivity index (χ0v) is 22.9. The highest BCUT2D eigenvalue weighted by atomic mass is 16.3. The molecule has 0 aromatic heterocycles. The summed E-state index contributed by atoms with van der Waals surface area (Å²) in [5.74, 6) is 4.76. The second-order valence-corrected chi connectivity index (χ2v) is 14.6. The van der Waals surface area contributed by atoms with Crippen molar-refractivity contribution < 1.29 is 5.11 Å². The van der Waals surface area contributed by atoms with Crippen LogP contribution < -0.4 is 0 Å². The molecule has 3 saturated carbocycles. The first-order chi connectivity index (χ1) is 14.8. The van der Waals surface area contributed by atoms with Crippen LogP contribution in [0.5, 0.6) is 0 Å². The molecule has 32 heavy (non-hydrogen) atoms. The van der Waals surface area contributed by atoms with E-state index < -0.39 is 0 Å². The van der Waals surface area contributed by atoms with Crippen LogP contribution in [0.25, 0.3) is 0 Å². The molecule has 1 nitrogen and oxygen atoms in total. The Bertz CT molecular complexity index is 733. The van der Waals surface area contributed by atoms with Crippen molar-refractivity contribution in [3.63, 3.8) is 0 Å². The van der Waals surface area contributed by atoms with E-state index in [0.29, 0.717) is 22.2 Å². The molecule has 4 aliphatic carbocycles. The van der Waals surface area contributed by atoms with E-state index in [4.69, 9.17) is 0 Å². The van der Waals surface area contributed by atoms with Crippen LogP contribution in [0.4, 0.5) is 0 Å². The molecular weight excluding hydrogens is 388 g/mol. The van der Waals surface area contributed by atoms with Gasteiger partial charge in [0.1, 0.15) is 0 Å². The van der Waals surface area contributed by atoms with Crippen LogP contribution in [0, 0.1) is 57.2 Å². The summed E-state index contributed by atoms with van der Waals surface area (Å²) in [4.78, 5) is 0. The van der Waals surface area contributed by atoms with Crippen molar-refractivity contribution in [3.05, 3.63) is 11.6 Å². The van der Waals surface area contributed by atoms with E-state index >= 15 is 0 Å². The van der Waals surface area contributed by atoms with E-state index in [-0.39, 0.29) is 11.5 Å². The Hall–Kier alpha value is -0.300. The highest BCUT2D eigenvalue weighted by Crippen LogP contribution is 2.73. The van der Waals surface area contributed by atoms with E-state index in [9.17, 15) is 5.11 Å². The third kappa shape index (κ3) is 3.41. The first kappa shape index (κ1) is 24.8. The third-order valence-electron chi connectivity index (χ3n) is 12.8. The van der Waals surface area contributed by atoms with Crippen LogP contribution in [0.2, 0.25) is 0 Å². The maximum atomic E-state index is 10.8. The number of aliphatic hydroxyl groups excluding tert-OH is 1. The lowest BCUT2D eigenvalue weighted by Crippen LogP contribution is -2.57. The summed E-state index contributed by atoms with van der Waals surface area (Å²) in [7, 11) is 0. The summed E-state index contributed by atoms with van der Waals surface area (Å²) in [6.45, 7) is 22.5. The van der Waals surface area contributed by atoms with Crippen LogP contribution in [-0.2, 0) is 0 Å². The van der Waals surface area contributed by atoms with Crippen molar-refractivity contribution in [2.75, 3.05) is 0 Å². The SMILES string of the molecule is CC(C)[C@H](C)CC[C@@H](C)[C@H]1CC[C@@]2(C)[C@@H]3CC[C@H]4C(C)(C)[C@@H](O)CC[C@]4(C)C3=CC[C@]12C. The third-order valence-corrected chi connectivity index (χ3v) is 12.8. The first-order valence-corrected chi connectivity index (χ1v) is 14.2. The van der Waals surface area contributed by atoms with E-state index in [1.165, 1.54) is 51.4 Å². The van der Waals surface area contributed by atoms with Gasteiger partial charge in [-0.15, -0.1) is 0 Å². The van der Waals surface area contributed by atoms with Crippen molar-refractivity contribution in [2.45, 2.75) is 126 Å². The summed E-state index contributed by atoms with van der Waals surface area (Å²) in [6.07, 6.45) is 14.4. The standard InChI is InChI=1S/C31H54O/c1-20(2)21(3)10-11-22(4)23-14-18-31(9)25-12-13-26-28(5,6)27(32)16-17-29(26,7)24(25)15-19-30(23,31)8/h15,20-23,25-27,32H,10-14,16-19H2,1-9H3/t21-,22-,23-,25-,26+,27+,29-,30-,31+/m1/s1. The van der Waals surface area contributed by atoms with Crippen molar-refractivity contribution in [1.29, 1.82) is 0 Å². The Kier molecular flexibility index (Phi) is 6.31. The summed E-state index contributed by atoms with van der Waals surface area (Å²) in [6, 6.07) is 0. The molecule has 0 bridgehead atoms. The maximum absolute atomic E-state index is 10.8. The highest BCUT2D eigenvalue weighted by Gasteiger charge is 2.65.